The largest absolute Gasteiger partial charge is 0.336 e. The van der Waals surface area contributed by atoms with Crippen LogP contribution in [0.15, 0.2) is 215 Å². The molecule has 0 saturated heterocycles. The normalized spacial score (nSPS) is 24.7. The highest BCUT2D eigenvalue weighted by Crippen LogP contribution is 2.62. The van der Waals surface area contributed by atoms with E-state index in [9.17, 15) is 0 Å². The van der Waals surface area contributed by atoms with Gasteiger partial charge < -0.3 is 4.90 Å². The van der Waals surface area contributed by atoms with Crippen LogP contribution in [0.1, 0.15) is 128 Å². The lowest BCUT2D eigenvalue weighted by Gasteiger charge is -2.41. The van der Waals surface area contributed by atoms with Crippen LogP contribution in [0.5, 0.6) is 0 Å². The summed E-state index contributed by atoms with van der Waals surface area (Å²) in [5.41, 5.74) is 23.3. The molecule has 0 amide bonds. The van der Waals surface area contributed by atoms with E-state index in [-0.39, 0.29) is 17.4 Å². The fourth-order valence-electron chi connectivity index (χ4n) is 12.9. The van der Waals surface area contributed by atoms with Crippen LogP contribution in [-0.4, -0.2) is 4.90 Å². The minimum atomic E-state index is -0.308. The van der Waals surface area contributed by atoms with Gasteiger partial charge in [0.2, 0.25) is 0 Å². The molecule has 7 aliphatic carbocycles. The lowest BCUT2D eigenvalue weighted by molar-refractivity contribution is 0.301. The third kappa shape index (κ3) is 6.33. The minimum absolute atomic E-state index is 0.222. The van der Waals surface area contributed by atoms with Gasteiger partial charge in [-0.25, -0.2) is 0 Å². The number of fused-ring (bicyclic) bond motifs is 6. The van der Waals surface area contributed by atoms with Crippen molar-refractivity contribution in [2.45, 2.75) is 94.4 Å². The highest BCUT2D eigenvalue weighted by Gasteiger charge is 2.51. The Morgan fingerprint density at radius 3 is 2.27 bits per heavy atom. The van der Waals surface area contributed by atoms with Crippen LogP contribution < -0.4 is 0 Å². The molecule has 8 aliphatic rings. The van der Waals surface area contributed by atoms with Crippen molar-refractivity contribution >= 4 is 17.2 Å². The Balaban J connectivity index is 1.03. The van der Waals surface area contributed by atoms with Gasteiger partial charge in [0.1, 0.15) is 0 Å². The lowest BCUT2D eigenvalue weighted by atomic mass is 9.64. The maximum absolute atomic E-state index is 2.83. The molecule has 0 radical (unpaired) electrons. The molecule has 0 bridgehead atoms. The molecule has 1 heterocycles. The van der Waals surface area contributed by atoms with Gasteiger partial charge in [0.15, 0.2) is 0 Å². The summed E-state index contributed by atoms with van der Waals surface area (Å²) in [6.45, 7) is 0. The maximum atomic E-state index is 2.83. The van der Waals surface area contributed by atoms with Gasteiger partial charge in [-0.05, 0) is 144 Å². The van der Waals surface area contributed by atoms with Crippen LogP contribution in [-0.2, 0) is 5.41 Å². The summed E-state index contributed by atoms with van der Waals surface area (Å²) in [4.78, 5) is 2.83. The molecule has 4 aromatic rings. The van der Waals surface area contributed by atoms with Crippen molar-refractivity contribution in [3.8, 4) is 0 Å². The van der Waals surface area contributed by atoms with E-state index < -0.39 is 0 Å². The quantitative estimate of drug-likeness (QED) is 0.163. The topological polar surface area (TPSA) is 3.24 Å². The molecule has 63 heavy (non-hydrogen) atoms. The first kappa shape index (κ1) is 38.5. The van der Waals surface area contributed by atoms with Gasteiger partial charge in [0.05, 0.1) is 11.5 Å². The standard InChI is InChI=1S/C62H57N/c1-5-20-43(21-6-1)36-41-50(45-37-39-48(40-38-45)62(47-25-9-3-10-26-47)57-34-17-15-30-53(57)54-31-16-18-35-58(54)62)56-42-46-24-13-14-29-52(46)61-59(56)55-33-19-32-51(44-22-7-2-8-23-44)60(55)63(61)49-27-11-4-12-28-49/h1-2,4-5,7-9,11,13-15,17-18,20,22-27,29-30,32,34-35,37-40,42,50,59,61H,3,6,10,12,16,19,21,28,31,33,36,41H2. The zero-order chi connectivity index (χ0) is 41.7. The smallest absolute Gasteiger partial charge is 0.0707 e. The molecule has 0 N–H and O–H groups in total. The monoisotopic (exact) mass is 815 g/mol. The van der Waals surface area contributed by atoms with E-state index in [0.29, 0.717) is 5.92 Å². The minimum Gasteiger partial charge on any atom is -0.336 e. The number of nitrogens with zero attached hydrogens (tertiary/aromatic N) is 1. The fourth-order valence-corrected chi connectivity index (χ4v) is 12.9. The summed E-state index contributed by atoms with van der Waals surface area (Å²) in [5, 5.41) is 0. The van der Waals surface area contributed by atoms with Gasteiger partial charge in [-0.3, -0.25) is 0 Å². The van der Waals surface area contributed by atoms with E-state index in [2.05, 4.69) is 187 Å². The first-order valence-corrected chi connectivity index (χ1v) is 24.1. The van der Waals surface area contributed by atoms with Crippen molar-refractivity contribution in [1.82, 2.24) is 4.90 Å². The summed E-state index contributed by atoms with van der Waals surface area (Å²) < 4.78 is 0. The van der Waals surface area contributed by atoms with Gasteiger partial charge in [-0.2, -0.15) is 0 Å². The van der Waals surface area contributed by atoms with Crippen LogP contribution >= 0.6 is 0 Å². The van der Waals surface area contributed by atoms with Crippen LogP contribution in [0.2, 0.25) is 0 Å². The Bertz CT molecular complexity index is 2840. The van der Waals surface area contributed by atoms with Gasteiger partial charge >= 0.3 is 0 Å². The molecule has 4 aromatic carbocycles. The van der Waals surface area contributed by atoms with E-state index in [4.69, 9.17) is 0 Å². The van der Waals surface area contributed by atoms with E-state index in [1.807, 2.05) is 0 Å². The highest BCUT2D eigenvalue weighted by molar-refractivity contribution is 5.89. The molecular weight excluding hydrogens is 759 g/mol. The maximum Gasteiger partial charge on any atom is 0.0707 e. The molecule has 4 unspecified atom stereocenters. The molecule has 0 aromatic heterocycles. The second-order valence-electron chi connectivity index (χ2n) is 18.9. The third-order valence-electron chi connectivity index (χ3n) is 15.6. The first-order chi connectivity index (χ1) is 31.3. The molecule has 310 valence electrons. The third-order valence-corrected chi connectivity index (χ3v) is 15.6. The average molecular weight is 816 g/mol. The Morgan fingerprint density at radius 2 is 1.44 bits per heavy atom. The number of allylic oxidation sites excluding steroid dienone is 18. The molecule has 4 atom stereocenters. The van der Waals surface area contributed by atoms with Crippen molar-refractivity contribution in [3.63, 3.8) is 0 Å². The van der Waals surface area contributed by atoms with Crippen LogP contribution in [0, 0.1) is 5.92 Å². The first-order valence-electron chi connectivity index (χ1n) is 24.1. The van der Waals surface area contributed by atoms with E-state index >= 15 is 0 Å². The lowest BCUT2D eigenvalue weighted by Crippen LogP contribution is -2.32. The summed E-state index contributed by atoms with van der Waals surface area (Å²) >= 11 is 0. The summed E-state index contributed by atoms with van der Waals surface area (Å²) in [6.07, 6.45) is 44.9. The van der Waals surface area contributed by atoms with Crippen molar-refractivity contribution in [2.24, 2.45) is 5.92 Å². The molecule has 1 aliphatic heterocycles. The highest BCUT2D eigenvalue weighted by atomic mass is 15.2. The predicted octanol–water partition coefficient (Wildman–Crippen LogP) is 15.9. The SMILES string of the molecule is C1=CCCC(CCC(C2=Cc3ccccc3C3C2C2=C(C(c4ccccc4)=CCC2)N3C2=CC=CCC2)c2ccc(C3(C4=CCCC=C4)C4=C(CCC=C4)c4ccccc43)cc2)=C1. The van der Waals surface area contributed by atoms with Crippen LogP contribution in [0.25, 0.3) is 17.2 Å². The van der Waals surface area contributed by atoms with Crippen molar-refractivity contribution in [3.05, 3.63) is 254 Å². The average Bonchev–Trinajstić information content (AvgIpc) is 3.87. The molecule has 0 fully saturated rings. The van der Waals surface area contributed by atoms with E-state index in [1.165, 1.54) is 79.1 Å². The zero-order valence-corrected chi connectivity index (χ0v) is 36.5. The summed E-state index contributed by atoms with van der Waals surface area (Å²) in [7, 11) is 0. The number of benzene rings is 4. The Kier molecular flexibility index (Phi) is 9.89. The predicted molar refractivity (Wildman–Crippen MR) is 263 cm³/mol. The number of hydrogen-bond acceptors (Lipinski definition) is 1. The molecule has 1 heteroatoms. The summed E-state index contributed by atoms with van der Waals surface area (Å²) in [5.74, 6) is 0.571. The Hall–Kier alpha value is -6.18. The van der Waals surface area contributed by atoms with Gasteiger partial charge in [0.25, 0.3) is 0 Å². The van der Waals surface area contributed by atoms with Gasteiger partial charge in [0, 0.05) is 28.8 Å². The molecule has 0 spiro atoms. The van der Waals surface area contributed by atoms with Crippen molar-refractivity contribution in [1.29, 1.82) is 0 Å². The molecule has 0 saturated carbocycles. The van der Waals surface area contributed by atoms with Gasteiger partial charge in [-0.15, -0.1) is 0 Å². The van der Waals surface area contributed by atoms with Crippen LogP contribution in [0.4, 0.5) is 0 Å². The Morgan fingerprint density at radius 1 is 0.651 bits per heavy atom. The van der Waals surface area contributed by atoms with Crippen LogP contribution in [0.3, 0.4) is 0 Å². The van der Waals surface area contributed by atoms with Crippen molar-refractivity contribution < 1.29 is 0 Å². The zero-order valence-electron chi connectivity index (χ0n) is 36.5. The second kappa shape index (κ2) is 16.2. The second-order valence-corrected chi connectivity index (χ2v) is 18.9. The van der Waals surface area contributed by atoms with E-state index in [1.54, 1.807) is 16.7 Å². The van der Waals surface area contributed by atoms with E-state index in [0.717, 1.165) is 70.6 Å². The van der Waals surface area contributed by atoms with Gasteiger partial charge in [-0.1, -0.05) is 187 Å². The number of hydrogen-bond donors (Lipinski definition) is 0. The Labute approximate surface area is 375 Å². The van der Waals surface area contributed by atoms with Crippen molar-refractivity contribution in [2.75, 3.05) is 0 Å². The summed E-state index contributed by atoms with van der Waals surface area (Å²) in [6, 6.07) is 40.4. The molecular formula is C62H57N. The fraction of sp³-hybridized carbons (Fsp3) is 0.258. The molecule has 1 nitrogen and oxygen atoms in total. The molecule has 12 rings (SSSR count). The number of rotatable bonds is 9.